The maximum Gasteiger partial charge on any atom is 0.416 e. The average molecular weight is 456 g/mol. The number of benzene rings is 1. The molecule has 0 saturated carbocycles. The van der Waals surface area contributed by atoms with Gasteiger partial charge in [0.25, 0.3) is 5.91 Å². The minimum atomic E-state index is -4.56. The number of aryl methyl sites for hydroxylation is 2. The number of carbonyl (C=O) groups excluding carboxylic acids is 1. The van der Waals surface area contributed by atoms with Crippen molar-refractivity contribution in [3.63, 3.8) is 0 Å². The Morgan fingerprint density at radius 1 is 1.23 bits per heavy atom. The van der Waals surface area contributed by atoms with Crippen molar-refractivity contribution in [1.29, 1.82) is 0 Å². The standard InChI is InChI=1S/C19H19F3N4O4S/c1-5-30-25-18(27)13-8-10(2)16(31(4,28)29)15(23-13)17-24-12-9-11(19(20,21)22)6-7-14(12)26(17)3/h6-9H,5H2,1-4H3,(H,25,27). The Morgan fingerprint density at radius 2 is 1.90 bits per heavy atom. The molecule has 31 heavy (non-hydrogen) atoms. The number of carbonyl (C=O) groups is 1. The number of pyridine rings is 1. The highest BCUT2D eigenvalue weighted by molar-refractivity contribution is 7.90. The Kier molecular flexibility index (Phi) is 5.80. The zero-order chi connectivity index (χ0) is 23.1. The highest BCUT2D eigenvalue weighted by atomic mass is 32.2. The van der Waals surface area contributed by atoms with Crippen molar-refractivity contribution in [2.75, 3.05) is 12.9 Å². The first-order valence-corrected chi connectivity index (χ1v) is 10.9. The van der Waals surface area contributed by atoms with Gasteiger partial charge in [0.1, 0.15) is 11.4 Å². The Hall–Kier alpha value is -2.99. The maximum absolute atomic E-state index is 13.1. The van der Waals surface area contributed by atoms with Crippen LogP contribution in [0.5, 0.6) is 0 Å². The third-order valence-electron chi connectivity index (χ3n) is 4.49. The second-order valence-electron chi connectivity index (χ2n) is 6.83. The van der Waals surface area contributed by atoms with Crippen LogP contribution in [0.2, 0.25) is 0 Å². The van der Waals surface area contributed by atoms with Crippen LogP contribution >= 0.6 is 0 Å². The number of aromatic nitrogens is 3. The molecule has 3 aromatic rings. The zero-order valence-corrected chi connectivity index (χ0v) is 17.8. The lowest BCUT2D eigenvalue weighted by Crippen LogP contribution is -2.25. The molecule has 0 atom stereocenters. The molecule has 8 nitrogen and oxygen atoms in total. The van der Waals surface area contributed by atoms with Gasteiger partial charge in [-0.15, -0.1) is 0 Å². The quantitative estimate of drug-likeness (QED) is 0.592. The Bertz CT molecular complexity index is 1280. The number of imidazole rings is 1. The monoisotopic (exact) mass is 456 g/mol. The largest absolute Gasteiger partial charge is 0.416 e. The normalized spacial score (nSPS) is 12.4. The Morgan fingerprint density at radius 3 is 2.48 bits per heavy atom. The van der Waals surface area contributed by atoms with Crippen LogP contribution in [-0.4, -0.2) is 41.7 Å². The highest BCUT2D eigenvalue weighted by Gasteiger charge is 2.31. The summed E-state index contributed by atoms with van der Waals surface area (Å²) in [5.41, 5.74) is 1.60. The lowest BCUT2D eigenvalue weighted by Gasteiger charge is -2.13. The van der Waals surface area contributed by atoms with Crippen LogP contribution in [0.4, 0.5) is 13.2 Å². The van der Waals surface area contributed by atoms with Crippen molar-refractivity contribution in [3.8, 4) is 11.5 Å². The molecule has 12 heteroatoms. The van der Waals surface area contributed by atoms with Gasteiger partial charge in [-0.25, -0.2) is 23.9 Å². The number of nitrogens with one attached hydrogen (secondary N) is 1. The summed E-state index contributed by atoms with van der Waals surface area (Å²) < 4.78 is 65.6. The van der Waals surface area contributed by atoms with Crippen molar-refractivity contribution in [2.24, 2.45) is 7.05 Å². The molecule has 0 aliphatic heterocycles. The molecule has 0 aliphatic carbocycles. The fraction of sp³-hybridized carbons (Fsp3) is 0.316. The number of nitrogens with zero attached hydrogens (tertiary/aromatic N) is 3. The number of hydrogen-bond acceptors (Lipinski definition) is 6. The van der Waals surface area contributed by atoms with Gasteiger partial charge in [-0.3, -0.25) is 9.63 Å². The summed E-state index contributed by atoms with van der Waals surface area (Å²) in [4.78, 5) is 25.4. The summed E-state index contributed by atoms with van der Waals surface area (Å²) in [6, 6.07) is 4.32. The molecule has 1 amide bonds. The molecule has 2 aromatic heterocycles. The first-order valence-electron chi connectivity index (χ1n) is 9.02. The number of sulfone groups is 1. The second-order valence-corrected chi connectivity index (χ2v) is 8.79. The number of hydrogen-bond donors (Lipinski definition) is 1. The third-order valence-corrected chi connectivity index (χ3v) is 5.75. The molecule has 0 spiro atoms. The molecule has 0 radical (unpaired) electrons. The molecule has 3 rings (SSSR count). The summed E-state index contributed by atoms with van der Waals surface area (Å²) in [5.74, 6) is -0.701. The SMILES string of the molecule is CCONC(=O)c1cc(C)c(S(C)(=O)=O)c(-c2nc3cc(C(F)(F)F)ccc3n2C)n1. The van der Waals surface area contributed by atoms with Crippen molar-refractivity contribution < 1.29 is 31.2 Å². The van der Waals surface area contributed by atoms with Gasteiger partial charge >= 0.3 is 6.18 Å². The van der Waals surface area contributed by atoms with E-state index in [-0.39, 0.29) is 39.8 Å². The van der Waals surface area contributed by atoms with E-state index in [1.54, 1.807) is 6.92 Å². The lowest BCUT2D eigenvalue weighted by atomic mass is 10.2. The smallest absolute Gasteiger partial charge is 0.326 e. The topological polar surface area (TPSA) is 103 Å². The Labute approximate surface area is 175 Å². The minimum absolute atomic E-state index is 0.00362. The van der Waals surface area contributed by atoms with E-state index >= 15 is 0 Å². The van der Waals surface area contributed by atoms with E-state index in [1.165, 1.54) is 30.7 Å². The summed E-state index contributed by atoms with van der Waals surface area (Å²) >= 11 is 0. The molecule has 0 bridgehead atoms. The Balaban J connectivity index is 2.29. The number of rotatable bonds is 5. The van der Waals surface area contributed by atoms with Crippen LogP contribution in [0, 0.1) is 6.92 Å². The van der Waals surface area contributed by atoms with E-state index < -0.39 is 27.5 Å². The van der Waals surface area contributed by atoms with Crippen LogP contribution in [0.25, 0.3) is 22.6 Å². The van der Waals surface area contributed by atoms with Gasteiger partial charge in [0.05, 0.1) is 28.1 Å². The van der Waals surface area contributed by atoms with Crippen LogP contribution < -0.4 is 5.48 Å². The summed E-state index contributed by atoms with van der Waals surface area (Å²) in [6.45, 7) is 3.35. The van der Waals surface area contributed by atoms with Gasteiger partial charge in [0, 0.05) is 13.3 Å². The third kappa shape index (κ3) is 4.39. The van der Waals surface area contributed by atoms with Gasteiger partial charge in [0.15, 0.2) is 15.7 Å². The molecule has 2 heterocycles. The van der Waals surface area contributed by atoms with Gasteiger partial charge in [0.2, 0.25) is 0 Å². The van der Waals surface area contributed by atoms with Crippen LogP contribution in [0.3, 0.4) is 0 Å². The number of amides is 1. The van der Waals surface area contributed by atoms with Gasteiger partial charge < -0.3 is 4.57 Å². The van der Waals surface area contributed by atoms with Crippen molar-refractivity contribution >= 4 is 26.8 Å². The fourth-order valence-electron chi connectivity index (χ4n) is 3.17. The molecule has 0 saturated heterocycles. The van der Waals surface area contributed by atoms with Crippen molar-refractivity contribution in [2.45, 2.75) is 24.9 Å². The van der Waals surface area contributed by atoms with E-state index in [1.807, 2.05) is 0 Å². The molecule has 0 aliphatic rings. The molecular formula is C19H19F3N4O4S. The van der Waals surface area contributed by atoms with Gasteiger partial charge in [-0.1, -0.05) is 0 Å². The van der Waals surface area contributed by atoms with E-state index in [9.17, 15) is 26.4 Å². The summed E-state index contributed by atoms with van der Waals surface area (Å²) in [5, 5.41) is 0. The molecular weight excluding hydrogens is 437 g/mol. The molecule has 1 aromatic carbocycles. The lowest BCUT2D eigenvalue weighted by molar-refractivity contribution is -0.137. The zero-order valence-electron chi connectivity index (χ0n) is 17.0. The molecule has 166 valence electrons. The van der Waals surface area contributed by atoms with Crippen molar-refractivity contribution in [1.82, 2.24) is 20.0 Å². The fourth-order valence-corrected chi connectivity index (χ4v) is 4.31. The van der Waals surface area contributed by atoms with Gasteiger partial charge in [-0.2, -0.15) is 13.2 Å². The number of halogens is 3. The summed E-state index contributed by atoms with van der Waals surface area (Å²) in [6.07, 6.45) is -3.58. The number of hydroxylamine groups is 1. The predicted molar refractivity (Wildman–Crippen MR) is 106 cm³/mol. The molecule has 1 N–H and O–H groups in total. The van der Waals surface area contributed by atoms with Crippen LogP contribution in [-0.2, 0) is 27.9 Å². The van der Waals surface area contributed by atoms with E-state index in [0.717, 1.165) is 18.4 Å². The van der Waals surface area contributed by atoms with Gasteiger partial charge in [-0.05, 0) is 43.7 Å². The van der Waals surface area contributed by atoms with E-state index in [0.29, 0.717) is 5.52 Å². The number of fused-ring (bicyclic) bond motifs is 1. The second kappa shape index (κ2) is 7.93. The maximum atomic E-state index is 13.1. The summed E-state index contributed by atoms with van der Waals surface area (Å²) in [7, 11) is -2.29. The number of alkyl halides is 3. The highest BCUT2D eigenvalue weighted by Crippen LogP contribution is 2.34. The van der Waals surface area contributed by atoms with E-state index in [2.05, 4.69) is 15.4 Å². The van der Waals surface area contributed by atoms with Crippen molar-refractivity contribution in [3.05, 3.63) is 41.1 Å². The minimum Gasteiger partial charge on any atom is -0.326 e. The van der Waals surface area contributed by atoms with Crippen LogP contribution in [0.1, 0.15) is 28.5 Å². The predicted octanol–water partition coefficient (Wildman–Crippen LogP) is 3.05. The first kappa shape index (κ1) is 22.7. The van der Waals surface area contributed by atoms with Crippen LogP contribution in [0.15, 0.2) is 29.2 Å². The first-order chi connectivity index (χ1) is 14.3. The van der Waals surface area contributed by atoms with E-state index in [4.69, 9.17) is 4.84 Å². The molecule has 0 unspecified atom stereocenters. The molecule has 0 fully saturated rings. The average Bonchev–Trinajstić information content (AvgIpc) is 2.99.